The Morgan fingerprint density at radius 2 is 1.66 bits per heavy atom. The normalized spacial score (nSPS) is 14.7. The zero-order chi connectivity index (χ0) is 29.6. The van der Waals surface area contributed by atoms with Crippen LogP contribution < -0.4 is 9.62 Å². The molecule has 1 N–H and O–H groups in total. The van der Waals surface area contributed by atoms with Crippen LogP contribution in [0.25, 0.3) is 0 Å². The molecular weight excluding hydrogens is 565 g/mol. The number of nitrogens with one attached hydrogen (secondary N) is 1. The zero-order valence-corrected chi connectivity index (χ0v) is 24.8. The predicted molar refractivity (Wildman–Crippen MR) is 159 cm³/mol. The van der Waals surface area contributed by atoms with Gasteiger partial charge in [-0.05, 0) is 74.2 Å². The summed E-state index contributed by atoms with van der Waals surface area (Å²) in [4.78, 5) is 28.7. The monoisotopic (exact) mass is 599 g/mol. The van der Waals surface area contributed by atoms with Gasteiger partial charge in [0.2, 0.25) is 11.8 Å². The minimum absolute atomic E-state index is 0.00769. The first-order valence-electron chi connectivity index (χ1n) is 13.7. The maximum atomic E-state index is 14.0. The largest absolute Gasteiger partial charge is 0.352 e. The van der Waals surface area contributed by atoms with Gasteiger partial charge in [-0.3, -0.25) is 13.9 Å². The molecule has 10 heteroatoms. The van der Waals surface area contributed by atoms with Gasteiger partial charge in [0.1, 0.15) is 18.4 Å². The second-order valence-corrected chi connectivity index (χ2v) is 12.7. The average Bonchev–Trinajstić information content (AvgIpc) is 2.97. The van der Waals surface area contributed by atoms with Crippen molar-refractivity contribution in [2.75, 3.05) is 10.8 Å². The molecule has 2 amide bonds. The maximum absolute atomic E-state index is 14.0. The van der Waals surface area contributed by atoms with E-state index in [0.717, 1.165) is 42.0 Å². The molecule has 218 valence electrons. The van der Waals surface area contributed by atoms with Crippen LogP contribution in [-0.4, -0.2) is 43.8 Å². The van der Waals surface area contributed by atoms with Gasteiger partial charge in [-0.25, -0.2) is 12.8 Å². The van der Waals surface area contributed by atoms with Crippen LogP contribution in [0.15, 0.2) is 77.7 Å². The highest BCUT2D eigenvalue weighted by molar-refractivity contribution is 7.92. The summed E-state index contributed by atoms with van der Waals surface area (Å²) in [5, 5.41) is 3.41. The number of sulfonamides is 1. The van der Waals surface area contributed by atoms with Crippen LogP contribution in [0.2, 0.25) is 5.02 Å². The summed E-state index contributed by atoms with van der Waals surface area (Å²) < 4.78 is 42.3. The van der Waals surface area contributed by atoms with Gasteiger partial charge in [0, 0.05) is 17.6 Å². The van der Waals surface area contributed by atoms with Gasteiger partial charge in [-0.2, -0.15) is 0 Å². The molecule has 1 atom stereocenters. The fourth-order valence-corrected chi connectivity index (χ4v) is 6.53. The number of rotatable bonds is 10. The third kappa shape index (κ3) is 7.65. The van der Waals surface area contributed by atoms with Crippen molar-refractivity contribution >= 4 is 39.1 Å². The van der Waals surface area contributed by atoms with Crippen molar-refractivity contribution in [1.29, 1.82) is 0 Å². The Hall–Kier alpha value is -3.43. The number of amides is 2. The first kappa shape index (κ1) is 30.5. The van der Waals surface area contributed by atoms with Crippen molar-refractivity contribution < 1.29 is 22.4 Å². The molecular formula is C31H35ClFN3O4S. The van der Waals surface area contributed by atoms with Crippen molar-refractivity contribution in [2.45, 2.75) is 69.5 Å². The van der Waals surface area contributed by atoms with E-state index in [1.54, 1.807) is 56.3 Å². The first-order valence-corrected chi connectivity index (χ1v) is 15.6. The number of anilines is 1. The molecule has 3 aromatic carbocycles. The minimum atomic E-state index is -4.18. The van der Waals surface area contributed by atoms with E-state index in [0.29, 0.717) is 10.6 Å². The number of benzene rings is 3. The highest BCUT2D eigenvalue weighted by Crippen LogP contribution is 2.28. The summed E-state index contributed by atoms with van der Waals surface area (Å²) in [6, 6.07) is 17.4. The molecule has 0 radical (unpaired) electrons. The smallest absolute Gasteiger partial charge is 0.264 e. The highest BCUT2D eigenvalue weighted by atomic mass is 35.5. The van der Waals surface area contributed by atoms with Crippen molar-refractivity contribution in [1.82, 2.24) is 10.2 Å². The third-order valence-electron chi connectivity index (χ3n) is 7.44. The Morgan fingerprint density at radius 1 is 1.00 bits per heavy atom. The van der Waals surface area contributed by atoms with Crippen molar-refractivity contribution in [3.63, 3.8) is 0 Å². The summed E-state index contributed by atoms with van der Waals surface area (Å²) >= 11 is 6.36. The number of nitrogens with zero attached hydrogens (tertiary/aromatic N) is 2. The lowest BCUT2D eigenvalue weighted by Gasteiger charge is -2.33. The fraction of sp³-hybridized carbons (Fsp3) is 0.355. The van der Waals surface area contributed by atoms with E-state index in [4.69, 9.17) is 11.6 Å². The second-order valence-electron chi connectivity index (χ2n) is 10.4. The first-order chi connectivity index (χ1) is 19.6. The minimum Gasteiger partial charge on any atom is -0.352 e. The van der Waals surface area contributed by atoms with Crippen molar-refractivity contribution in [3.05, 3.63) is 94.8 Å². The third-order valence-corrected chi connectivity index (χ3v) is 9.63. The number of halogens is 2. The Labute approximate surface area is 246 Å². The van der Waals surface area contributed by atoms with Crippen LogP contribution in [0.4, 0.5) is 10.1 Å². The molecule has 0 spiro atoms. The number of hydrogen-bond acceptors (Lipinski definition) is 4. The van der Waals surface area contributed by atoms with Crippen LogP contribution in [0, 0.1) is 12.7 Å². The number of hydrogen-bond donors (Lipinski definition) is 1. The van der Waals surface area contributed by atoms with E-state index in [-0.39, 0.29) is 29.1 Å². The van der Waals surface area contributed by atoms with E-state index >= 15 is 0 Å². The zero-order valence-electron chi connectivity index (χ0n) is 23.2. The predicted octanol–water partition coefficient (Wildman–Crippen LogP) is 5.85. The lowest BCUT2D eigenvalue weighted by atomic mass is 9.95. The quantitative estimate of drug-likeness (QED) is 0.317. The van der Waals surface area contributed by atoms with Gasteiger partial charge in [0.15, 0.2) is 0 Å². The summed E-state index contributed by atoms with van der Waals surface area (Å²) in [5.41, 5.74) is 1.58. The van der Waals surface area contributed by atoms with Crippen LogP contribution in [0.5, 0.6) is 0 Å². The molecule has 0 heterocycles. The van der Waals surface area contributed by atoms with Crippen LogP contribution in [0.1, 0.15) is 50.2 Å². The molecule has 3 aromatic rings. The van der Waals surface area contributed by atoms with Crippen LogP contribution >= 0.6 is 11.6 Å². The lowest BCUT2D eigenvalue weighted by Crippen LogP contribution is -2.53. The molecule has 1 fully saturated rings. The van der Waals surface area contributed by atoms with E-state index in [1.807, 2.05) is 0 Å². The van der Waals surface area contributed by atoms with E-state index in [2.05, 4.69) is 5.32 Å². The Kier molecular flexibility index (Phi) is 10.0. The molecule has 7 nitrogen and oxygen atoms in total. The average molecular weight is 600 g/mol. The molecule has 1 unspecified atom stereocenters. The summed E-state index contributed by atoms with van der Waals surface area (Å²) in [6.45, 7) is 2.84. The van der Waals surface area contributed by atoms with Crippen LogP contribution in [0.3, 0.4) is 0 Å². The van der Waals surface area contributed by atoms with Gasteiger partial charge in [-0.1, -0.05) is 67.3 Å². The maximum Gasteiger partial charge on any atom is 0.264 e. The number of carbonyl (C=O) groups excluding carboxylic acids is 2. The molecule has 0 aromatic heterocycles. The Balaban J connectivity index is 1.68. The van der Waals surface area contributed by atoms with Gasteiger partial charge in [-0.15, -0.1) is 0 Å². The lowest BCUT2D eigenvalue weighted by molar-refractivity contribution is -0.139. The van der Waals surface area contributed by atoms with E-state index in [1.165, 1.54) is 35.2 Å². The summed E-state index contributed by atoms with van der Waals surface area (Å²) in [6.07, 6.45) is 4.95. The van der Waals surface area contributed by atoms with Gasteiger partial charge in [0.05, 0.1) is 10.6 Å². The van der Waals surface area contributed by atoms with Crippen LogP contribution in [-0.2, 0) is 26.2 Å². The SMILES string of the molecule is Cc1ccc(N(CC(=O)N(Cc2ccc(F)cc2)C(C)C(=O)NC2CCCCC2)S(=O)(=O)c2ccccc2)cc1Cl. The van der Waals surface area contributed by atoms with Gasteiger partial charge >= 0.3 is 0 Å². The van der Waals surface area contributed by atoms with Gasteiger partial charge in [0.25, 0.3) is 10.0 Å². The molecule has 1 aliphatic rings. The molecule has 1 saturated carbocycles. The van der Waals surface area contributed by atoms with E-state index in [9.17, 15) is 22.4 Å². The van der Waals surface area contributed by atoms with Gasteiger partial charge < -0.3 is 10.2 Å². The van der Waals surface area contributed by atoms with Crippen molar-refractivity contribution in [2.24, 2.45) is 0 Å². The summed E-state index contributed by atoms with van der Waals surface area (Å²) in [7, 11) is -4.18. The van der Waals surface area contributed by atoms with E-state index < -0.39 is 34.3 Å². The highest BCUT2D eigenvalue weighted by Gasteiger charge is 2.33. The molecule has 4 rings (SSSR count). The standard InChI is InChI=1S/C31H35ClFN3O4S/c1-22-13-18-27(19-29(22)32)36(41(39,40)28-11-7-4-8-12-28)21-30(37)35(20-24-14-16-25(33)17-15-24)23(2)31(38)34-26-9-5-3-6-10-26/h4,7-8,11-19,23,26H,3,5-6,9-10,20-21H2,1-2H3,(H,34,38). The number of carbonyl (C=O) groups is 2. The Morgan fingerprint density at radius 3 is 2.29 bits per heavy atom. The molecule has 0 saturated heterocycles. The molecule has 41 heavy (non-hydrogen) atoms. The molecule has 0 bridgehead atoms. The fourth-order valence-electron chi connectivity index (χ4n) is 4.92. The molecule has 1 aliphatic carbocycles. The number of aryl methyl sites for hydroxylation is 1. The van der Waals surface area contributed by atoms with Crippen molar-refractivity contribution in [3.8, 4) is 0 Å². The summed E-state index contributed by atoms with van der Waals surface area (Å²) in [5.74, 6) is -1.33. The topological polar surface area (TPSA) is 86.8 Å². The Bertz CT molecular complexity index is 1460. The second kappa shape index (κ2) is 13.5. The molecule has 0 aliphatic heterocycles.